The molecule has 0 radical (unpaired) electrons. The Labute approximate surface area is 194 Å². The average Bonchev–Trinajstić information content (AvgIpc) is 3.47. The third kappa shape index (κ3) is 12.5. The first-order chi connectivity index (χ1) is 14.5. The van der Waals surface area contributed by atoms with Crippen LogP contribution in [0, 0.1) is 35.4 Å². The first-order valence-corrected chi connectivity index (χ1v) is 8.64. The topological polar surface area (TPSA) is 18.5 Å². The van der Waals surface area contributed by atoms with Gasteiger partial charge in [0.1, 0.15) is 0 Å². The molecule has 0 aliphatic heterocycles. The fourth-order valence-corrected chi connectivity index (χ4v) is 1.82. The van der Waals surface area contributed by atoms with Gasteiger partial charge in [-0.15, -0.1) is 36.4 Å². The smallest absolute Gasteiger partial charge is 0.551 e. The van der Waals surface area contributed by atoms with E-state index in [1.54, 1.807) is 0 Å². The van der Waals surface area contributed by atoms with E-state index in [0.29, 0.717) is 0 Å². The number of hydrogen-bond donors (Lipinski definition) is 0. The van der Waals surface area contributed by atoms with Crippen LogP contribution in [0.15, 0.2) is 84.9 Å². The van der Waals surface area contributed by atoms with Gasteiger partial charge < -0.3 is 9.47 Å². The number of methoxy groups -OCH3 is 2. The van der Waals surface area contributed by atoms with Crippen LogP contribution >= 0.6 is 0 Å². The summed E-state index contributed by atoms with van der Waals surface area (Å²) in [5.41, 5.74) is 0. The monoisotopic (exact) mass is 464 g/mol. The van der Waals surface area contributed by atoms with Gasteiger partial charge in [0.15, 0.2) is 0 Å². The summed E-state index contributed by atoms with van der Waals surface area (Å²) < 4.78 is 58.2. The van der Waals surface area contributed by atoms with E-state index in [2.05, 4.69) is 9.47 Å². The molecule has 0 fully saturated rings. The van der Waals surface area contributed by atoms with Crippen molar-refractivity contribution in [3.8, 4) is 11.5 Å². The summed E-state index contributed by atoms with van der Waals surface area (Å²) in [6.45, 7) is 0. The van der Waals surface area contributed by atoms with Crippen molar-refractivity contribution >= 4 is 0 Å². The molecular formula is C24H20F4O2Ti. The predicted molar refractivity (Wildman–Crippen MR) is 108 cm³/mol. The van der Waals surface area contributed by atoms with E-state index < -0.39 is 23.3 Å². The van der Waals surface area contributed by atoms with Crippen LogP contribution in [0.2, 0.25) is 0 Å². The molecular weight excluding hydrogens is 444 g/mol. The van der Waals surface area contributed by atoms with Crippen molar-refractivity contribution < 1.29 is 48.8 Å². The first-order valence-electron chi connectivity index (χ1n) is 8.64. The standard InChI is InChI=1S/2C7H5F2O.2C5H5.Ti/c2*1-10-7-3-2-5(8)4-6(7)9;2*1-2-4-5-3-1;/h2*2-3H,1H3;2*1-5H;/q4*-1;+4. The van der Waals surface area contributed by atoms with Crippen molar-refractivity contribution in [3.63, 3.8) is 0 Å². The minimum Gasteiger partial charge on any atom is -0.551 e. The molecule has 31 heavy (non-hydrogen) atoms. The molecule has 7 heteroatoms. The average molecular weight is 464 g/mol. The van der Waals surface area contributed by atoms with Gasteiger partial charge in [-0.25, -0.2) is 41.8 Å². The SMILES string of the molecule is COc1ccc(F)[c-]c1F.COc1ccc(F)[c-]c1F.[Ti+4].c1cc[cH-]c1.c1cc[cH-]c1. The second kappa shape index (κ2) is 16.9. The van der Waals surface area contributed by atoms with E-state index in [1.807, 2.05) is 72.8 Å². The number of hydrogen-bond acceptors (Lipinski definition) is 2. The summed E-state index contributed by atoms with van der Waals surface area (Å²) in [5, 5.41) is 0. The van der Waals surface area contributed by atoms with Crippen molar-refractivity contribution in [1.82, 2.24) is 0 Å². The van der Waals surface area contributed by atoms with Crippen LogP contribution < -0.4 is 9.47 Å². The van der Waals surface area contributed by atoms with Gasteiger partial charge in [0.2, 0.25) is 0 Å². The summed E-state index contributed by atoms with van der Waals surface area (Å²) in [5.74, 6) is -3.05. The quantitative estimate of drug-likeness (QED) is 0.195. The Hall–Kier alpha value is -2.83. The van der Waals surface area contributed by atoms with Crippen LogP contribution in [0.1, 0.15) is 0 Å². The molecule has 0 aliphatic rings. The molecule has 4 aromatic carbocycles. The fourth-order valence-electron chi connectivity index (χ4n) is 1.82. The molecule has 0 aliphatic carbocycles. The maximum absolute atomic E-state index is 12.4. The van der Waals surface area contributed by atoms with Crippen molar-refractivity contribution in [2.45, 2.75) is 0 Å². The third-order valence-electron chi connectivity index (χ3n) is 3.20. The molecule has 0 atom stereocenters. The second-order valence-corrected chi connectivity index (χ2v) is 5.30. The molecule has 0 aromatic heterocycles. The molecule has 0 unspecified atom stereocenters. The van der Waals surface area contributed by atoms with Gasteiger partial charge in [0.05, 0.1) is 25.9 Å². The van der Waals surface area contributed by atoms with Crippen LogP contribution in [0.4, 0.5) is 17.6 Å². The number of ether oxygens (including phenoxy) is 2. The Morgan fingerprint density at radius 3 is 1.13 bits per heavy atom. The molecule has 160 valence electrons. The minimum absolute atomic E-state index is 0. The zero-order valence-electron chi connectivity index (χ0n) is 16.9. The normalized spacial score (nSPS) is 8.71. The summed E-state index contributed by atoms with van der Waals surface area (Å²) >= 11 is 0. The minimum atomic E-state index is -0.803. The Kier molecular flexibility index (Phi) is 15.4. The van der Waals surface area contributed by atoms with Crippen molar-refractivity contribution in [2.24, 2.45) is 0 Å². The van der Waals surface area contributed by atoms with Gasteiger partial charge in [-0.2, -0.15) is 36.4 Å². The maximum atomic E-state index is 12.4. The number of rotatable bonds is 2. The summed E-state index contributed by atoms with van der Waals surface area (Å²) in [6, 6.07) is 28.3. The Bertz CT molecular complexity index is 815. The summed E-state index contributed by atoms with van der Waals surface area (Å²) in [6.07, 6.45) is 0. The van der Waals surface area contributed by atoms with Crippen molar-refractivity contribution in [1.29, 1.82) is 0 Å². The van der Waals surface area contributed by atoms with Crippen molar-refractivity contribution in [3.05, 3.63) is 120 Å². The first kappa shape index (κ1) is 28.2. The molecule has 0 spiro atoms. The van der Waals surface area contributed by atoms with Crippen LogP contribution in [-0.2, 0) is 21.7 Å². The second-order valence-electron chi connectivity index (χ2n) is 5.30. The van der Waals surface area contributed by atoms with E-state index in [9.17, 15) is 17.6 Å². The van der Waals surface area contributed by atoms with Crippen LogP contribution in [0.5, 0.6) is 11.5 Å². The van der Waals surface area contributed by atoms with E-state index in [-0.39, 0.29) is 33.2 Å². The maximum Gasteiger partial charge on any atom is 4.00 e. The zero-order chi connectivity index (χ0) is 22.2. The third-order valence-corrected chi connectivity index (χ3v) is 3.20. The molecule has 4 rings (SSSR count). The van der Waals surface area contributed by atoms with Crippen LogP contribution in [-0.4, -0.2) is 14.2 Å². The van der Waals surface area contributed by atoms with Gasteiger partial charge in [0, 0.05) is 23.1 Å². The van der Waals surface area contributed by atoms with Crippen LogP contribution in [0.3, 0.4) is 0 Å². The predicted octanol–water partition coefficient (Wildman–Crippen LogP) is 6.36. The summed E-state index contributed by atoms with van der Waals surface area (Å²) in [4.78, 5) is 0. The van der Waals surface area contributed by atoms with E-state index in [1.165, 1.54) is 26.4 Å². The number of halogens is 4. The van der Waals surface area contributed by atoms with E-state index in [4.69, 9.17) is 0 Å². The molecule has 0 saturated carbocycles. The molecule has 0 bridgehead atoms. The number of benzene rings is 2. The van der Waals surface area contributed by atoms with Gasteiger partial charge in [-0.05, 0) is 0 Å². The van der Waals surface area contributed by atoms with Crippen molar-refractivity contribution in [2.75, 3.05) is 14.2 Å². The van der Waals surface area contributed by atoms with Gasteiger partial charge >= 0.3 is 21.7 Å². The largest absolute Gasteiger partial charge is 4.00 e. The molecule has 2 nitrogen and oxygen atoms in total. The van der Waals surface area contributed by atoms with Gasteiger partial charge in [-0.1, -0.05) is 0 Å². The van der Waals surface area contributed by atoms with Gasteiger partial charge in [0.25, 0.3) is 0 Å². The molecule has 4 aromatic rings. The van der Waals surface area contributed by atoms with Crippen LogP contribution in [0.25, 0.3) is 0 Å². The fraction of sp³-hybridized carbons (Fsp3) is 0.0833. The Balaban J connectivity index is 0.000000401. The van der Waals surface area contributed by atoms with E-state index in [0.717, 1.165) is 12.1 Å². The molecule has 0 saturated heterocycles. The molecule has 0 amide bonds. The Morgan fingerprint density at radius 2 is 0.935 bits per heavy atom. The Morgan fingerprint density at radius 1 is 0.613 bits per heavy atom. The van der Waals surface area contributed by atoms with Gasteiger partial charge in [-0.3, -0.25) is 0 Å². The molecule has 0 N–H and O–H groups in total. The zero-order valence-corrected chi connectivity index (χ0v) is 18.5. The van der Waals surface area contributed by atoms with E-state index >= 15 is 0 Å². The summed E-state index contributed by atoms with van der Waals surface area (Å²) in [7, 11) is 2.62. The molecule has 0 heterocycles.